The average Bonchev–Trinajstić information content (AvgIpc) is 3.01. The van der Waals surface area contributed by atoms with Gasteiger partial charge < -0.3 is 20.9 Å². The van der Waals surface area contributed by atoms with Gasteiger partial charge in [-0.2, -0.15) is 0 Å². The van der Waals surface area contributed by atoms with Crippen molar-refractivity contribution in [1.82, 2.24) is 20.2 Å². The zero-order valence-corrected chi connectivity index (χ0v) is 18.3. The van der Waals surface area contributed by atoms with Crippen molar-refractivity contribution in [3.63, 3.8) is 0 Å². The molecule has 1 amide bonds. The molecule has 3 heterocycles. The first-order chi connectivity index (χ1) is 15.6. The molecule has 3 aromatic rings. The number of hydrogen-bond donors (Lipinski definition) is 2. The van der Waals surface area contributed by atoms with E-state index in [1.165, 1.54) is 5.69 Å². The number of nitrogen functional groups attached to an aromatic ring is 1. The van der Waals surface area contributed by atoms with E-state index in [0.29, 0.717) is 18.1 Å². The first kappa shape index (κ1) is 20.5. The summed E-state index contributed by atoms with van der Waals surface area (Å²) in [6.07, 6.45) is 3.49. The summed E-state index contributed by atoms with van der Waals surface area (Å²) in [4.78, 5) is 26.3. The number of nitrogens with zero attached hydrogens (tertiary/aromatic N) is 4. The van der Waals surface area contributed by atoms with Gasteiger partial charge in [-0.05, 0) is 49.7 Å². The molecule has 0 radical (unpaired) electrons. The van der Waals surface area contributed by atoms with E-state index in [0.717, 1.165) is 67.0 Å². The molecule has 1 aromatic heterocycles. The zero-order valence-electron chi connectivity index (χ0n) is 18.3. The van der Waals surface area contributed by atoms with Crippen LogP contribution in [-0.2, 0) is 6.42 Å². The molecule has 0 bridgehead atoms. The van der Waals surface area contributed by atoms with Crippen LogP contribution in [0.2, 0.25) is 0 Å². The van der Waals surface area contributed by atoms with Crippen LogP contribution in [0.25, 0.3) is 22.5 Å². The highest BCUT2D eigenvalue weighted by atomic mass is 16.1. The molecule has 2 aliphatic heterocycles. The number of amides is 1. The molecule has 7 heteroatoms. The number of nitrogens with one attached hydrogen (secondary N) is 1. The zero-order chi connectivity index (χ0) is 22.1. The van der Waals surface area contributed by atoms with Crippen molar-refractivity contribution in [1.29, 1.82) is 0 Å². The highest BCUT2D eigenvalue weighted by Crippen LogP contribution is 2.29. The van der Waals surface area contributed by atoms with Gasteiger partial charge in [-0.1, -0.05) is 18.2 Å². The van der Waals surface area contributed by atoms with Crippen molar-refractivity contribution in [3.05, 3.63) is 59.8 Å². The highest BCUT2D eigenvalue weighted by Gasteiger charge is 2.18. The van der Waals surface area contributed by atoms with Crippen LogP contribution in [0.1, 0.15) is 22.3 Å². The predicted octanol–water partition coefficient (Wildman–Crippen LogP) is 2.82. The fourth-order valence-electron chi connectivity index (χ4n) is 4.40. The highest BCUT2D eigenvalue weighted by molar-refractivity contribution is 5.96. The van der Waals surface area contributed by atoms with E-state index in [1.54, 1.807) is 6.20 Å². The molecule has 7 nitrogen and oxygen atoms in total. The average molecular weight is 429 g/mol. The molecule has 5 rings (SSSR count). The second-order valence-electron chi connectivity index (χ2n) is 8.56. The third-order valence-electron chi connectivity index (χ3n) is 6.36. The third kappa shape index (κ3) is 4.03. The van der Waals surface area contributed by atoms with Crippen LogP contribution in [0.5, 0.6) is 0 Å². The second kappa shape index (κ2) is 8.59. The Labute approximate surface area is 188 Å². The van der Waals surface area contributed by atoms with E-state index < -0.39 is 0 Å². The Morgan fingerprint density at radius 3 is 2.53 bits per heavy atom. The van der Waals surface area contributed by atoms with Crippen LogP contribution in [0.15, 0.2) is 48.7 Å². The lowest BCUT2D eigenvalue weighted by atomic mass is 9.99. The van der Waals surface area contributed by atoms with Gasteiger partial charge in [0.25, 0.3) is 5.91 Å². The quantitative estimate of drug-likeness (QED) is 0.667. The van der Waals surface area contributed by atoms with E-state index >= 15 is 0 Å². The summed E-state index contributed by atoms with van der Waals surface area (Å²) in [5, 5.41) is 2.93. The van der Waals surface area contributed by atoms with E-state index in [2.05, 4.69) is 51.4 Å². The minimum atomic E-state index is -0.0164. The fourth-order valence-corrected chi connectivity index (χ4v) is 4.40. The summed E-state index contributed by atoms with van der Waals surface area (Å²) in [6.45, 7) is 4.94. The Balaban J connectivity index is 1.43. The Bertz CT molecular complexity index is 1140. The molecule has 3 N–H and O–H groups in total. The van der Waals surface area contributed by atoms with Gasteiger partial charge in [0.05, 0.1) is 11.9 Å². The monoisotopic (exact) mass is 428 g/mol. The van der Waals surface area contributed by atoms with Gasteiger partial charge in [-0.25, -0.2) is 9.97 Å². The third-order valence-corrected chi connectivity index (χ3v) is 6.36. The molecule has 1 fully saturated rings. The van der Waals surface area contributed by atoms with Crippen LogP contribution < -0.4 is 16.0 Å². The molecule has 164 valence electrons. The summed E-state index contributed by atoms with van der Waals surface area (Å²) < 4.78 is 0. The Morgan fingerprint density at radius 2 is 1.75 bits per heavy atom. The number of benzene rings is 2. The molecule has 0 unspecified atom stereocenters. The predicted molar refractivity (Wildman–Crippen MR) is 128 cm³/mol. The number of aromatic nitrogens is 2. The summed E-state index contributed by atoms with van der Waals surface area (Å²) in [6, 6.07) is 14.3. The summed E-state index contributed by atoms with van der Waals surface area (Å²) in [5.41, 5.74) is 12.5. The van der Waals surface area contributed by atoms with Crippen molar-refractivity contribution < 1.29 is 4.79 Å². The largest absolute Gasteiger partial charge is 0.382 e. The van der Waals surface area contributed by atoms with Gasteiger partial charge in [0.15, 0.2) is 0 Å². The number of carbonyl (C=O) groups excluding carboxylic acids is 1. The molecule has 0 aliphatic carbocycles. The van der Waals surface area contributed by atoms with Crippen molar-refractivity contribution >= 4 is 17.4 Å². The lowest BCUT2D eigenvalue weighted by molar-refractivity contribution is 0.0956. The minimum absolute atomic E-state index is 0.0164. The molecule has 0 atom stereocenters. The van der Waals surface area contributed by atoms with Crippen LogP contribution in [-0.4, -0.2) is 60.5 Å². The summed E-state index contributed by atoms with van der Waals surface area (Å²) in [7, 11) is 2.16. The molecule has 2 aliphatic rings. The van der Waals surface area contributed by atoms with Gasteiger partial charge in [0, 0.05) is 55.1 Å². The van der Waals surface area contributed by atoms with Gasteiger partial charge in [0.2, 0.25) is 0 Å². The lowest BCUT2D eigenvalue weighted by Gasteiger charge is -2.34. The number of hydrogen-bond acceptors (Lipinski definition) is 6. The number of nitrogens with two attached hydrogens (primary N) is 1. The number of rotatable bonds is 3. The van der Waals surface area contributed by atoms with Crippen molar-refractivity contribution in [3.8, 4) is 22.5 Å². The second-order valence-corrected chi connectivity index (χ2v) is 8.56. The number of carbonyl (C=O) groups is 1. The van der Waals surface area contributed by atoms with Gasteiger partial charge >= 0.3 is 0 Å². The van der Waals surface area contributed by atoms with E-state index in [-0.39, 0.29) is 5.91 Å². The van der Waals surface area contributed by atoms with Gasteiger partial charge in [-0.3, -0.25) is 4.79 Å². The number of likely N-dealkylation sites (N-methyl/N-ethyl adjacent to an activating group) is 1. The molecule has 1 saturated heterocycles. The minimum Gasteiger partial charge on any atom is -0.382 e. The van der Waals surface area contributed by atoms with Crippen molar-refractivity contribution in [2.75, 3.05) is 50.4 Å². The Morgan fingerprint density at radius 1 is 1.00 bits per heavy atom. The number of piperazine rings is 1. The first-order valence-corrected chi connectivity index (χ1v) is 11.2. The summed E-state index contributed by atoms with van der Waals surface area (Å²) >= 11 is 0. The SMILES string of the molecule is CN1CCN(c2ccc(-c3cnc(N)c(-c4ccc5c(c4)CCCNC5=O)n3)cc2)CC1. The van der Waals surface area contributed by atoms with E-state index in [9.17, 15) is 4.79 Å². The smallest absolute Gasteiger partial charge is 0.251 e. The molecular weight excluding hydrogens is 400 g/mol. The van der Waals surface area contributed by atoms with Crippen LogP contribution in [0.4, 0.5) is 11.5 Å². The van der Waals surface area contributed by atoms with Gasteiger partial charge in [-0.15, -0.1) is 0 Å². The fraction of sp³-hybridized carbons (Fsp3) is 0.320. The first-order valence-electron chi connectivity index (χ1n) is 11.2. The molecule has 2 aromatic carbocycles. The standard InChI is InChI=1S/C25H28N6O/c1-30-11-13-31(14-12-30)20-7-4-17(5-8-20)22-16-28-24(26)23(29-22)19-6-9-21-18(15-19)3-2-10-27-25(21)32/h4-9,15-16H,2-3,10-14H2,1H3,(H2,26,28)(H,27,32). The number of aryl methyl sites for hydroxylation is 1. The van der Waals surface area contributed by atoms with Crippen LogP contribution in [0.3, 0.4) is 0 Å². The molecular formula is C25H28N6O. The van der Waals surface area contributed by atoms with Crippen LogP contribution in [0, 0.1) is 0 Å². The van der Waals surface area contributed by atoms with Gasteiger partial charge in [0.1, 0.15) is 11.5 Å². The van der Waals surface area contributed by atoms with E-state index in [1.807, 2.05) is 18.2 Å². The maximum atomic E-state index is 12.2. The lowest BCUT2D eigenvalue weighted by Crippen LogP contribution is -2.44. The van der Waals surface area contributed by atoms with Crippen LogP contribution >= 0.6 is 0 Å². The maximum absolute atomic E-state index is 12.2. The Hall–Kier alpha value is -3.45. The van der Waals surface area contributed by atoms with E-state index in [4.69, 9.17) is 10.7 Å². The summed E-state index contributed by atoms with van der Waals surface area (Å²) in [5.74, 6) is 0.373. The van der Waals surface area contributed by atoms with Crippen molar-refractivity contribution in [2.45, 2.75) is 12.8 Å². The molecule has 32 heavy (non-hydrogen) atoms. The molecule has 0 spiro atoms. The molecule has 0 saturated carbocycles. The number of anilines is 2. The maximum Gasteiger partial charge on any atom is 0.251 e. The van der Waals surface area contributed by atoms with Crippen molar-refractivity contribution in [2.24, 2.45) is 0 Å². The normalized spacial score (nSPS) is 16.9. The number of fused-ring (bicyclic) bond motifs is 1. The Kier molecular flexibility index (Phi) is 5.49. The topological polar surface area (TPSA) is 87.4 Å².